The maximum atomic E-state index is 12.4. The Bertz CT molecular complexity index is 658. The Labute approximate surface area is 132 Å². The molecule has 3 N–H and O–H groups in total. The molecule has 0 saturated heterocycles. The summed E-state index contributed by atoms with van der Waals surface area (Å²) in [5.74, 6) is 0.272. The summed E-state index contributed by atoms with van der Waals surface area (Å²) in [5, 5.41) is 2.95. The van der Waals surface area contributed by atoms with Gasteiger partial charge in [-0.25, -0.2) is 0 Å². The van der Waals surface area contributed by atoms with Crippen molar-refractivity contribution < 1.29 is 9.53 Å². The molecule has 0 aliphatic heterocycles. The van der Waals surface area contributed by atoms with Crippen LogP contribution in [-0.4, -0.2) is 13.0 Å². The summed E-state index contributed by atoms with van der Waals surface area (Å²) >= 11 is 3.43. The molecule has 5 heteroatoms. The van der Waals surface area contributed by atoms with Gasteiger partial charge in [0.15, 0.2) is 0 Å². The molecule has 0 bridgehead atoms. The molecule has 0 spiro atoms. The van der Waals surface area contributed by atoms with Gasteiger partial charge in [-0.2, -0.15) is 0 Å². The highest BCUT2D eigenvalue weighted by Gasteiger charge is 2.15. The fraction of sp³-hybridized carbons (Fsp3) is 0.188. The minimum atomic E-state index is -0.195. The molecule has 2 aromatic carbocycles. The number of amides is 1. The SMILES string of the molecule is COc1cc(N)ccc1C(=O)N[C@H](C)c1cccc(Br)c1. The summed E-state index contributed by atoms with van der Waals surface area (Å²) < 4.78 is 6.18. The summed E-state index contributed by atoms with van der Waals surface area (Å²) in [5.41, 5.74) is 7.74. The average molecular weight is 349 g/mol. The zero-order chi connectivity index (χ0) is 15.4. The summed E-state index contributed by atoms with van der Waals surface area (Å²) in [6, 6.07) is 12.7. The minimum Gasteiger partial charge on any atom is -0.496 e. The van der Waals surface area contributed by atoms with Crippen molar-refractivity contribution in [1.29, 1.82) is 0 Å². The van der Waals surface area contributed by atoms with Crippen LogP contribution in [0.3, 0.4) is 0 Å². The number of rotatable bonds is 4. The molecule has 1 amide bonds. The van der Waals surface area contributed by atoms with Crippen molar-refractivity contribution in [2.24, 2.45) is 0 Å². The van der Waals surface area contributed by atoms with Crippen LogP contribution < -0.4 is 15.8 Å². The molecule has 0 radical (unpaired) electrons. The fourth-order valence-electron chi connectivity index (χ4n) is 2.03. The smallest absolute Gasteiger partial charge is 0.255 e. The largest absolute Gasteiger partial charge is 0.496 e. The number of nitrogens with one attached hydrogen (secondary N) is 1. The molecule has 0 fully saturated rings. The third-order valence-electron chi connectivity index (χ3n) is 3.17. The van der Waals surface area contributed by atoms with Gasteiger partial charge >= 0.3 is 0 Å². The summed E-state index contributed by atoms with van der Waals surface area (Å²) in [6.07, 6.45) is 0. The molecular weight excluding hydrogens is 332 g/mol. The first-order valence-corrected chi connectivity index (χ1v) is 7.30. The number of hydrogen-bond acceptors (Lipinski definition) is 3. The summed E-state index contributed by atoms with van der Waals surface area (Å²) in [7, 11) is 1.52. The van der Waals surface area contributed by atoms with Crippen LogP contribution in [0.1, 0.15) is 28.9 Å². The molecule has 1 atom stereocenters. The third-order valence-corrected chi connectivity index (χ3v) is 3.66. The molecule has 0 aliphatic carbocycles. The van der Waals surface area contributed by atoms with Crippen LogP contribution in [0.25, 0.3) is 0 Å². The van der Waals surface area contributed by atoms with Gasteiger partial charge in [-0.05, 0) is 36.8 Å². The van der Waals surface area contributed by atoms with Gasteiger partial charge in [-0.15, -0.1) is 0 Å². The van der Waals surface area contributed by atoms with Gasteiger partial charge in [0.25, 0.3) is 5.91 Å². The lowest BCUT2D eigenvalue weighted by Gasteiger charge is -2.16. The number of ether oxygens (including phenoxy) is 1. The second-order valence-corrected chi connectivity index (χ2v) is 5.63. The lowest BCUT2D eigenvalue weighted by atomic mass is 10.1. The molecule has 21 heavy (non-hydrogen) atoms. The molecule has 0 aliphatic rings. The molecule has 0 aromatic heterocycles. The van der Waals surface area contributed by atoms with Crippen LogP contribution in [0.5, 0.6) is 5.75 Å². The van der Waals surface area contributed by atoms with Crippen LogP contribution in [0.4, 0.5) is 5.69 Å². The normalized spacial score (nSPS) is 11.8. The van der Waals surface area contributed by atoms with E-state index in [4.69, 9.17) is 10.5 Å². The molecule has 0 heterocycles. The lowest BCUT2D eigenvalue weighted by molar-refractivity contribution is 0.0937. The van der Waals surface area contributed by atoms with Crippen molar-refractivity contribution in [3.8, 4) is 5.75 Å². The second kappa shape index (κ2) is 6.63. The maximum Gasteiger partial charge on any atom is 0.255 e. The Balaban J connectivity index is 2.18. The Morgan fingerprint density at radius 2 is 2.05 bits per heavy atom. The number of nitrogen functional groups attached to an aromatic ring is 1. The number of methoxy groups -OCH3 is 1. The molecule has 2 aromatic rings. The topological polar surface area (TPSA) is 64.3 Å². The highest BCUT2D eigenvalue weighted by Crippen LogP contribution is 2.23. The first-order chi connectivity index (χ1) is 10.0. The number of carbonyl (C=O) groups is 1. The van der Waals surface area contributed by atoms with E-state index in [1.807, 2.05) is 31.2 Å². The number of halogens is 1. The highest BCUT2D eigenvalue weighted by atomic mass is 79.9. The maximum absolute atomic E-state index is 12.4. The highest BCUT2D eigenvalue weighted by molar-refractivity contribution is 9.10. The van der Waals surface area contributed by atoms with Gasteiger partial charge in [0, 0.05) is 16.2 Å². The second-order valence-electron chi connectivity index (χ2n) is 4.71. The Morgan fingerprint density at radius 3 is 2.71 bits per heavy atom. The van der Waals surface area contributed by atoms with Crippen molar-refractivity contribution in [3.05, 3.63) is 58.1 Å². The van der Waals surface area contributed by atoms with Crippen LogP contribution in [0.2, 0.25) is 0 Å². The van der Waals surface area contributed by atoms with Crippen LogP contribution in [0.15, 0.2) is 46.9 Å². The summed E-state index contributed by atoms with van der Waals surface area (Å²) in [6.45, 7) is 1.93. The average Bonchev–Trinajstić information content (AvgIpc) is 2.46. The fourth-order valence-corrected chi connectivity index (χ4v) is 2.45. The van der Waals surface area contributed by atoms with Crippen molar-refractivity contribution in [2.75, 3.05) is 12.8 Å². The van der Waals surface area contributed by atoms with Crippen LogP contribution >= 0.6 is 15.9 Å². The molecular formula is C16H17BrN2O2. The van der Waals surface area contributed by atoms with E-state index in [1.54, 1.807) is 18.2 Å². The van der Waals surface area contributed by atoms with Gasteiger partial charge in [0.1, 0.15) is 5.75 Å². The zero-order valence-corrected chi connectivity index (χ0v) is 13.5. The van der Waals surface area contributed by atoms with Gasteiger partial charge in [0.05, 0.1) is 18.7 Å². The zero-order valence-electron chi connectivity index (χ0n) is 11.9. The van der Waals surface area contributed by atoms with Crippen molar-refractivity contribution in [1.82, 2.24) is 5.32 Å². The van der Waals surface area contributed by atoms with Crippen LogP contribution in [-0.2, 0) is 0 Å². The summed E-state index contributed by atoms with van der Waals surface area (Å²) in [4.78, 5) is 12.4. The molecule has 4 nitrogen and oxygen atoms in total. The number of carbonyl (C=O) groups excluding carboxylic acids is 1. The molecule has 0 unspecified atom stereocenters. The quantitative estimate of drug-likeness (QED) is 0.830. The van der Waals surface area contributed by atoms with E-state index < -0.39 is 0 Å². The lowest BCUT2D eigenvalue weighted by Crippen LogP contribution is -2.27. The number of nitrogens with two attached hydrogens (primary N) is 1. The Hall–Kier alpha value is -2.01. The first-order valence-electron chi connectivity index (χ1n) is 6.51. The van der Waals surface area contributed by atoms with Gasteiger partial charge in [-0.3, -0.25) is 4.79 Å². The molecule has 110 valence electrons. The Kier molecular flexibility index (Phi) is 4.85. The predicted octanol–water partition coefficient (Wildman–Crippen LogP) is 3.53. The van der Waals surface area contributed by atoms with E-state index in [9.17, 15) is 4.79 Å². The number of anilines is 1. The molecule has 2 rings (SSSR count). The first kappa shape index (κ1) is 15.4. The van der Waals surface area contributed by atoms with E-state index in [2.05, 4.69) is 21.2 Å². The van der Waals surface area contributed by atoms with E-state index in [1.165, 1.54) is 7.11 Å². The standard InChI is InChI=1S/C16H17BrN2O2/c1-10(11-4-3-5-12(17)8-11)19-16(20)14-7-6-13(18)9-15(14)21-2/h3-10H,18H2,1-2H3,(H,19,20)/t10-/m1/s1. The minimum absolute atomic E-state index is 0.114. The van der Waals surface area contributed by atoms with Crippen molar-refractivity contribution in [2.45, 2.75) is 13.0 Å². The van der Waals surface area contributed by atoms with Gasteiger partial charge in [0.2, 0.25) is 0 Å². The van der Waals surface area contributed by atoms with E-state index in [0.717, 1.165) is 10.0 Å². The molecule has 0 saturated carbocycles. The van der Waals surface area contributed by atoms with Gasteiger partial charge < -0.3 is 15.8 Å². The van der Waals surface area contributed by atoms with Gasteiger partial charge in [-0.1, -0.05) is 28.1 Å². The van der Waals surface area contributed by atoms with Crippen LogP contribution in [0, 0.1) is 0 Å². The number of hydrogen-bond donors (Lipinski definition) is 2. The van der Waals surface area contributed by atoms with Crippen molar-refractivity contribution in [3.63, 3.8) is 0 Å². The van der Waals surface area contributed by atoms with Crippen molar-refractivity contribution >= 4 is 27.5 Å². The monoisotopic (exact) mass is 348 g/mol. The predicted molar refractivity (Wildman–Crippen MR) is 87.4 cm³/mol. The van der Waals surface area contributed by atoms with E-state index in [-0.39, 0.29) is 11.9 Å². The third kappa shape index (κ3) is 3.76. The Morgan fingerprint density at radius 1 is 1.29 bits per heavy atom. The van der Waals surface area contributed by atoms with E-state index in [0.29, 0.717) is 17.0 Å². The number of benzene rings is 2. The van der Waals surface area contributed by atoms with E-state index >= 15 is 0 Å².